The topological polar surface area (TPSA) is 0 Å². The molecule has 0 bridgehead atoms. The van der Waals surface area contributed by atoms with Gasteiger partial charge in [-0.15, -0.1) is 24.8 Å². The first-order valence-corrected chi connectivity index (χ1v) is 3.00. The van der Waals surface area contributed by atoms with Gasteiger partial charge in [0.25, 0.3) is 0 Å². The Kier molecular flexibility index (Phi) is 22.7. The van der Waals surface area contributed by atoms with E-state index in [0.717, 1.165) is 0 Å². The molecule has 0 aromatic carbocycles. The van der Waals surface area contributed by atoms with E-state index < -0.39 is 0 Å². The van der Waals surface area contributed by atoms with Gasteiger partial charge in [0.05, 0.1) is 0 Å². The zero-order valence-corrected chi connectivity index (χ0v) is 9.65. The first-order chi connectivity index (χ1) is 3.00. The van der Waals surface area contributed by atoms with Gasteiger partial charge in [-0.05, 0) is 0 Å². The Balaban J connectivity index is -0.000000120. The second-order valence-electron chi connectivity index (χ2n) is 2.12. The smallest absolute Gasteiger partial charge is 0 e. The van der Waals surface area contributed by atoms with Crippen molar-refractivity contribution in [3.05, 3.63) is 0 Å². The quantitative estimate of drug-likeness (QED) is 0.617. The Labute approximate surface area is 89.1 Å². The third kappa shape index (κ3) is 9.46. The van der Waals surface area contributed by atoms with Crippen molar-refractivity contribution in [2.45, 2.75) is 38.5 Å². The molecule has 3 heteroatoms. The molecule has 1 aliphatic carbocycles. The minimum Gasteiger partial charge on any atom is -0.147 e. The molecule has 0 aromatic rings. The van der Waals surface area contributed by atoms with Crippen molar-refractivity contribution in [3.8, 4) is 0 Å². The number of halogens is 2. The number of hydrogen-bond donors (Lipinski definition) is 0. The Hall–Kier alpha value is 1.46. The van der Waals surface area contributed by atoms with E-state index in [-0.39, 0.29) is 51.0 Å². The van der Waals surface area contributed by atoms with Gasteiger partial charge in [-0.2, -0.15) is 0 Å². The molecule has 1 saturated carbocycles. The van der Waals surface area contributed by atoms with Crippen molar-refractivity contribution in [2.75, 3.05) is 0 Å². The van der Waals surface area contributed by atoms with Gasteiger partial charge in [0.2, 0.25) is 0 Å². The predicted octanol–water partition coefficient (Wildman–Crippen LogP) is 3.18. The zero-order chi connectivity index (χ0) is 4.24. The molecule has 0 unspecified atom stereocenters. The van der Waals surface area contributed by atoms with Crippen LogP contribution in [-0.4, -0.2) is 0 Å². The van der Waals surface area contributed by atoms with Crippen molar-refractivity contribution >= 4 is 24.8 Å². The van der Waals surface area contributed by atoms with E-state index in [1.807, 2.05) is 0 Å². The van der Waals surface area contributed by atoms with Gasteiger partial charge in [-0.3, -0.25) is 0 Å². The molecule has 0 radical (unpaired) electrons. The van der Waals surface area contributed by atoms with Crippen LogP contribution in [0, 0.1) is 0 Å². The third-order valence-electron chi connectivity index (χ3n) is 1.50. The largest absolute Gasteiger partial charge is 0.147 e. The molecular formula is C6H14Cl2Zr. The first-order valence-electron chi connectivity index (χ1n) is 3.00. The van der Waals surface area contributed by atoms with Gasteiger partial charge in [0.15, 0.2) is 0 Å². The van der Waals surface area contributed by atoms with Gasteiger partial charge < -0.3 is 0 Å². The second kappa shape index (κ2) is 12.2. The predicted molar refractivity (Wildman–Crippen MR) is 42.2 cm³/mol. The molecule has 1 fully saturated rings. The maximum Gasteiger partial charge on any atom is 0 e. The molecule has 0 aromatic heterocycles. The minimum absolute atomic E-state index is 0. The van der Waals surface area contributed by atoms with Crippen molar-refractivity contribution in [1.29, 1.82) is 0 Å². The molecule has 0 heterocycles. The van der Waals surface area contributed by atoms with Crippen LogP contribution in [-0.2, 0) is 26.2 Å². The maximum absolute atomic E-state index is 1.50. The van der Waals surface area contributed by atoms with Crippen LogP contribution in [0.2, 0.25) is 0 Å². The van der Waals surface area contributed by atoms with E-state index >= 15 is 0 Å². The van der Waals surface area contributed by atoms with E-state index in [1.165, 1.54) is 38.5 Å². The molecule has 0 atom stereocenters. The van der Waals surface area contributed by atoms with Crippen LogP contribution in [0.3, 0.4) is 0 Å². The average Bonchev–Trinajstić information content (AvgIpc) is 1.72. The SMILES string of the molecule is C1CCCCC1.Cl.Cl.[Zr]. The first kappa shape index (κ1) is 16.8. The van der Waals surface area contributed by atoms with E-state index in [1.54, 1.807) is 0 Å². The molecule has 9 heavy (non-hydrogen) atoms. The van der Waals surface area contributed by atoms with E-state index in [2.05, 4.69) is 0 Å². The van der Waals surface area contributed by atoms with Gasteiger partial charge in [0.1, 0.15) is 0 Å². The molecular weight excluding hydrogens is 234 g/mol. The molecule has 1 rings (SSSR count). The van der Waals surface area contributed by atoms with Crippen LogP contribution in [0.5, 0.6) is 0 Å². The summed E-state index contributed by atoms with van der Waals surface area (Å²) in [7, 11) is 0. The van der Waals surface area contributed by atoms with Gasteiger partial charge >= 0.3 is 0 Å². The Morgan fingerprint density at radius 3 is 0.667 bits per heavy atom. The minimum atomic E-state index is 0. The van der Waals surface area contributed by atoms with E-state index in [0.29, 0.717) is 0 Å². The zero-order valence-electron chi connectivity index (χ0n) is 5.56. The Morgan fingerprint density at radius 2 is 0.556 bits per heavy atom. The normalized spacial score (nSPS) is 16.0. The monoisotopic (exact) mass is 246 g/mol. The summed E-state index contributed by atoms with van der Waals surface area (Å²) in [5.74, 6) is 0. The fourth-order valence-electron chi connectivity index (χ4n) is 1.06. The van der Waals surface area contributed by atoms with Crippen molar-refractivity contribution < 1.29 is 26.2 Å². The number of rotatable bonds is 0. The maximum atomic E-state index is 1.50. The summed E-state index contributed by atoms with van der Waals surface area (Å²) in [5, 5.41) is 0. The summed E-state index contributed by atoms with van der Waals surface area (Å²) in [5.41, 5.74) is 0. The molecule has 0 aliphatic heterocycles. The average molecular weight is 248 g/mol. The Bertz CT molecular complexity index is 26.5. The summed E-state index contributed by atoms with van der Waals surface area (Å²) < 4.78 is 0. The van der Waals surface area contributed by atoms with Crippen LogP contribution >= 0.6 is 24.8 Å². The van der Waals surface area contributed by atoms with Crippen LogP contribution in [0.4, 0.5) is 0 Å². The van der Waals surface area contributed by atoms with Crippen molar-refractivity contribution in [2.24, 2.45) is 0 Å². The second-order valence-corrected chi connectivity index (χ2v) is 2.12. The van der Waals surface area contributed by atoms with Crippen LogP contribution < -0.4 is 0 Å². The summed E-state index contributed by atoms with van der Waals surface area (Å²) in [6, 6.07) is 0. The van der Waals surface area contributed by atoms with Crippen LogP contribution in [0.25, 0.3) is 0 Å². The standard InChI is InChI=1S/C6H12.2ClH.Zr/c1-2-4-6-5-3-1;;;/h1-6H2;2*1H;. The fraction of sp³-hybridized carbons (Fsp3) is 1.00. The molecule has 0 N–H and O–H groups in total. The van der Waals surface area contributed by atoms with Gasteiger partial charge in [-0.1, -0.05) is 38.5 Å². The number of hydrogen-bond acceptors (Lipinski definition) is 0. The summed E-state index contributed by atoms with van der Waals surface area (Å²) in [6.45, 7) is 0. The summed E-state index contributed by atoms with van der Waals surface area (Å²) in [4.78, 5) is 0. The van der Waals surface area contributed by atoms with Crippen molar-refractivity contribution in [1.82, 2.24) is 0 Å². The van der Waals surface area contributed by atoms with Crippen molar-refractivity contribution in [3.63, 3.8) is 0 Å². The van der Waals surface area contributed by atoms with Crippen LogP contribution in [0.1, 0.15) is 38.5 Å². The third-order valence-corrected chi connectivity index (χ3v) is 1.50. The summed E-state index contributed by atoms with van der Waals surface area (Å²) in [6.07, 6.45) is 9.00. The molecule has 1 aliphatic rings. The molecule has 56 valence electrons. The molecule has 0 spiro atoms. The molecule has 0 nitrogen and oxygen atoms in total. The summed E-state index contributed by atoms with van der Waals surface area (Å²) >= 11 is 0. The molecule has 0 amide bonds. The van der Waals surface area contributed by atoms with E-state index in [4.69, 9.17) is 0 Å². The van der Waals surface area contributed by atoms with Crippen LogP contribution in [0.15, 0.2) is 0 Å². The Morgan fingerprint density at radius 1 is 0.444 bits per heavy atom. The molecule has 0 saturated heterocycles. The van der Waals surface area contributed by atoms with Gasteiger partial charge in [-0.25, -0.2) is 0 Å². The fourth-order valence-corrected chi connectivity index (χ4v) is 1.06. The van der Waals surface area contributed by atoms with Gasteiger partial charge in [0, 0.05) is 26.2 Å². The van der Waals surface area contributed by atoms with E-state index in [9.17, 15) is 0 Å².